The molecule has 2 heteroatoms. The van der Waals surface area contributed by atoms with Gasteiger partial charge in [0.2, 0.25) is 0 Å². The second-order valence-electron chi connectivity index (χ2n) is 3.41. The van der Waals surface area contributed by atoms with Crippen LogP contribution < -0.4 is 0 Å². The van der Waals surface area contributed by atoms with Crippen molar-refractivity contribution in [2.75, 3.05) is 0 Å². The van der Waals surface area contributed by atoms with Crippen molar-refractivity contribution in [3.05, 3.63) is 34.2 Å². The molecule has 0 radical (unpaired) electrons. The Kier molecular flexibility index (Phi) is 2.80. The van der Waals surface area contributed by atoms with Crippen LogP contribution in [-0.2, 0) is 12.3 Å². The lowest BCUT2D eigenvalue weighted by Gasteiger charge is -2.01. The Bertz CT molecular complexity index is 457. The summed E-state index contributed by atoms with van der Waals surface area (Å²) in [4.78, 5) is 1.36. The first kappa shape index (κ1) is 10.0. The van der Waals surface area contributed by atoms with Crippen molar-refractivity contribution >= 4 is 33.0 Å². The molecule has 1 heterocycles. The zero-order valence-corrected chi connectivity index (χ0v) is 10.0. The van der Waals surface area contributed by atoms with Gasteiger partial charge < -0.3 is 0 Å². The average molecular weight is 225 g/mol. The molecule has 2 rings (SSSR count). The van der Waals surface area contributed by atoms with E-state index in [1.165, 1.54) is 26.1 Å². The minimum absolute atomic E-state index is 0.628. The van der Waals surface area contributed by atoms with Gasteiger partial charge in [-0.05, 0) is 30.5 Å². The summed E-state index contributed by atoms with van der Waals surface area (Å²) in [5.74, 6) is 0.628. The first-order valence-electron chi connectivity index (χ1n) is 4.83. The van der Waals surface area contributed by atoms with E-state index >= 15 is 0 Å². The highest BCUT2D eigenvalue weighted by molar-refractivity contribution is 7.19. The number of halogens is 1. The SMILES string of the molecule is CCc1cccc2sc(C)c(CCl)c12. The van der Waals surface area contributed by atoms with Gasteiger partial charge in [-0.25, -0.2) is 0 Å². The summed E-state index contributed by atoms with van der Waals surface area (Å²) in [5, 5.41) is 1.40. The average Bonchev–Trinajstić information content (AvgIpc) is 2.52. The topological polar surface area (TPSA) is 0 Å². The molecule has 1 aromatic heterocycles. The van der Waals surface area contributed by atoms with Crippen LogP contribution >= 0.6 is 22.9 Å². The molecule has 0 nitrogen and oxygen atoms in total. The summed E-state index contributed by atoms with van der Waals surface area (Å²) in [6.07, 6.45) is 1.08. The fraction of sp³-hybridized carbons (Fsp3) is 0.333. The highest BCUT2D eigenvalue weighted by Gasteiger charge is 2.10. The third kappa shape index (κ3) is 1.45. The molecular formula is C12H13ClS. The van der Waals surface area contributed by atoms with Crippen molar-refractivity contribution < 1.29 is 0 Å². The maximum Gasteiger partial charge on any atom is 0.0491 e. The van der Waals surface area contributed by atoms with Crippen molar-refractivity contribution in [2.24, 2.45) is 0 Å². The van der Waals surface area contributed by atoms with Crippen LogP contribution in [0.3, 0.4) is 0 Å². The highest BCUT2D eigenvalue weighted by Crippen LogP contribution is 2.34. The Morgan fingerprint density at radius 1 is 1.36 bits per heavy atom. The van der Waals surface area contributed by atoms with Crippen LogP contribution in [0.5, 0.6) is 0 Å². The molecule has 0 N–H and O–H groups in total. The lowest BCUT2D eigenvalue weighted by atomic mass is 10.0. The Morgan fingerprint density at radius 2 is 2.14 bits per heavy atom. The molecule has 0 saturated carbocycles. The number of thiophene rings is 1. The van der Waals surface area contributed by atoms with E-state index in [-0.39, 0.29) is 0 Å². The van der Waals surface area contributed by atoms with Crippen molar-refractivity contribution in [1.82, 2.24) is 0 Å². The molecule has 0 unspecified atom stereocenters. The third-order valence-electron chi connectivity index (χ3n) is 2.62. The fourth-order valence-electron chi connectivity index (χ4n) is 1.86. The summed E-state index contributed by atoms with van der Waals surface area (Å²) in [6, 6.07) is 6.52. The maximum absolute atomic E-state index is 5.99. The molecule has 14 heavy (non-hydrogen) atoms. The van der Waals surface area contributed by atoms with Gasteiger partial charge in [0.15, 0.2) is 0 Å². The molecule has 74 valence electrons. The number of alkyl halides is 1. The van der Waals surface area contributed by atoms with E-state index in [1.807, 2.05) is 11.3 Å². The summed E-state index contributed by atoms with van der Waals surface area (Å²) in [7, 11) is 0. The first-order chi connectivity index (χ1) is 6.77. The fourth-order valence-corrected chi connectivity index (χ4v) is 3.41. The van der Waals surface area contributed by atoms with Gasteiger partial charge in [-0.2, -0.15) is 0 Å². The van der Waals surface area contributed by atoms with Gasteiger partial charge in [-0.3, -0.25) is 0 Å². The molecule has 0 fully saturated rings. The lowest BCUT2D eigenvalue weighted by molar-refractivity contribution is 1.16. The van der Waals surface area contributed by atoms with Crippen LogP contribution in [0.4, 0.5) is 0 Å². The quantitative estimate of drug-likeness (QED) is 0.659. The number of hydrogen-bond donors (Lipinski definition) is 0. The van der Waals surface area contributed by atoms with Gasteiger partial charge in [0.05, 0.1) is 0 Å². The minimum Gasteiger partial charge on any atom is -0.140 e. The predicted molar refractivity (Wildman–Crippen MR) is 65.5 cm³/mol. The number of hydrogen-bond acceptors (Lipinski definition) is 1. The highest BCUT2D eigenvalue weighted by atomic mass is 35.5. The van der Waals surface area contributed by atoms with Crippen molar-refractivity contribution in [3.63, 3.8) is 0 Å². The number of aryl methyl sites for hydroxylation is 2. The molecule has 1 aromatic carbocycles. The van der Waals surface area contributed by atoms with E-state index in [2.05, 4.69) is 32.0 Å². The second-order valence-corrected chi connectivity index (χ2v) is 4.94. The number of rotatable bonds is 2. The lowest BCUT2D eigenvalue weighted by Crippen LogP contribution is -1.84. The van der Waals surface area contributed by atoms with Crippen LogP contribution in [0.1, 0.15) is 22.9 Å². The molecule has 0 spiro atoms. The Labute approximate surface area is 93.5 Å². The number of benzene rings is 1. The summed E-state index contributed by atoms with van der Waals surface area (Å²) >= 11 is 7.84. The van der Waals surface area contributed by atoms with E-state index in [9.17, 15) is 0 Å². The van der Waals surface area contributed by atoms with E-state index in [0.717, 1.165) is 6.42 Å². The first-order valence-corrected chi connectivity index (χ1v) is 6.18. The molecule has 0 aliphatic heterocycles. The summed E-state index contributed by atoms with van der Waals surface area (Å²) in [5.41, 5.74) is 2.74. The largest absolute Gasteiger partial charge is 0.140 e. The van der Waals surface area contributed by atoms with Crippen LogP contribution in [0.2, 0.25) is 0 Å². The smallest absolute Gasteiger partial charge is 0.0491 e. The monoisotopic (exact) mass is 224 g/mol. The van der Waals surface area contributed by atoms with Gasteiger partial charge in [-0.1, -0.05) is 19.1 Å². The molecular weight excluding hydrogens is 212 g/mol. The molecule has 0 amide bonds. The molecule has 0 aliphatic carbocycles. The Balaban J connectivity index is 2.82. The Hall–Kier alpha value is -0.530. The molecule has 0 bridgehead atoms. The minimum atomic E-state index is 0.628. The molecule has 0 saturated heterocycles. The van der Waals surface area contributed by atoms with Gasteiger partial charge in [0.1, 0.15) is 0 Å². The van der Waals surface area contributed by atoms with Gasteiger partial charge >= 0.3 is 0 Å². The summed E-state index contributed by atoms with van der Waals surface area (Å²) in [6.45, 7) is 4.35. The van der Waals surface area contributed by atoms with E-state index in [0.29, 0.717) is 5.88 Å². The van der Waals surface area contributed by atoms with E-state index < -0.39 is 0 Å². The molecule has 0 aliphatic rings. The molecule has 2 aromatic rings. The number of fused-ring (bicyclic) bond motifs is 1. The van der Waals surface area contributed by atoms with Gasteiger partial charge in [0.25, 0.3) is 0 Å². The standard InChI is InChI=1S/C12H13ClS/c1-3-9-5-4-6-11-12(9)10(7-13)8(2)14-11/h4-6H,3,7H2,1-2H3. The zero-order chi connectivity index (χ0) is 10.1. The zero-order valence-electron chi connectivity index (χ0n) is 8.43. The van der Waals surface area contributed by atoms with Crippen LogP contribution in [0.15, 0.2) is 18.2 Å². The normalized spacial score (nSPS) is 11.1. The van der Waals surface area contributed by atoms with Crippen LogP contribution in [0.25, 0.3) is 10.1 Å². The Morgan fingerprint density at radius 3 is 2.79 bits per heavy atom. The molecule has 0 atom stereocenters. The second kappa shape index (κ2) is 3.92. The van der Waals surface area contributed by atoms with Gasteiger partial charge in [-0.15, -0.1) is 22.9 Å². The van der Waals surface area contributed by atoms with Crippen molar-refractivity contribution in [1.29, 1.82) is 0 Å². The third-order valence-corrected chi connectivity index (χ3v) is 4.00. The van der Waals surface area contributed by atoms with E-state index in [1.54, 1.807) is 0 Å². The predicted octanol–water partition coefficient (Wildman–Crippen LogP) is 4.51. The van der Waals surface area contributed by atoms with Crippen LogP contribution in [0, 0.1) is 6.92 Å². The van der Waals surface area contributed by atoms with Crippen molar-refractivity contribution in [2.45, 2.75) is 26.1 Å². The van der Waals surface area contributed by atoms with E-state index in [4.69, 9.17) is 11.6 Å². The maximum atomic E-state index is 5.99. The van der Waals surface area contributed by atoms with Gasteiger partial charge in [0, 0.05) is 20.8 Å². The summed E-state index contributed by atoms with van der Waals surface area (Å²) < 4.78 is 1.37. The van der Waals surface area contributed by atoms with Crippen molar-refractivity contribution in [3.8, 4) is 0 Å². The van der Waals surface area contributed by atoms with Crippen LogP contribution in [-0.4, -0.2) is 0 Å².